The molecule has 0 aliphatic rings. The largest absolute Gasteiger partial charge is 0.506 e. The van der Waals surface area contributed by atoms with Gasteiger partial charge in [-0.3, -0.25) is 4.98 Å². The van der Waals surface area contributed by atoms with Crippen LogP contribution in [0.15, 0.2) is 6.20 Å². The molecule has 12 heavy (non-hydrogen) atoms. The molecule has 0 fully saturated rings. The number of nitrogens with two attached hydrogens (primary N) is 1. The predicted molar refractivity (Wildman–Crippen MR) is 44.5 cm³/mol. The van der Waals surface area contributed by atoms with E-state index in [2.05, 4.69) is 4.98 Å². The summed E-state index contributed by atoms with van der Waals surface area (Å²) < 4.78 is 21.4. The number of aryl methyl sites for hydroxylation is 1. The molecule has 66 valence electrons. The first kappa shape index (κ1) is 5.50. The van der Waals surface area contributed by atoms with Crippen molar-refractivity contribution in [2.24, 2.45) is 5.73 Å². The second-order valence-corrected chi connectivity index (χ2v) is 2.32. The third-order valence-electron chi connectivity index (χ3n) is 1.62. The van der Waals surface area contributed by atoms with Crippen LogP contribution < -0.4 is 5.73 Å². The molecule has 0 aliphatic carbocycles. The molecule has 1 aromatic rings. The lowest BCUT2D eigenvalue weighted by Gasteiger charge is -2.08. The maximum atomic E-state index is 9.62. The molecule has 0 saturated carbocycles. The Hall–Kier alpha value is -1.13. The normalized spacial score (nSPS) is 15.0. The molecule has 0 aliphatic heterocycles. The number of aromatic hydroxyl groups is 1. The maximum absolute atomic E-state index is 9.62. The lowest BCUT2D eigenvalue weighted by atomic mass is 10.1. The van der Waals surface area contributed by atoms with Crippen molar-refractivity contribution >= 4 is 0 Å². The van der Waals surface area contributed by atoms with Gasteiger partial charge in [-0.15, -0.1) is 0 Å². The molecule has 0 radical (unpaired) electrons. The first-order valence-corrected chi connectivity index (χ1v) is 3.43. The fourth-order valence-electron chi connectivity index (χ4n) is 0.941. The molecule has 0 unspecified atom stereocenters. The topological polar surface area (TPSA) is 79.4 Å². The highest BCUT2D eigenvalue weighted by molar-refractivity contribution is 5.40. The third-order valence-corrected chi connectivity index (χ3v) is 1.62. The van der Waals surface area contributed by atoms with E-state index in [1.807, 2.05) is 0 Å². The van der Waals surface area contributed by atoms with Gasteiger partial charge in [0.15, 0.2) is 0 Å². The van der Waals surface area contributed by atoms with Crippen LogP contribution in [0.1, 0.15) is 20.9 Å². The number of hydrogen-bond acceptors (Lipinski definition) is 4. The van der Waals surface area contributed by atoms with Gasteiger partial charge in [0.2, 0.25) is 0 Å². The molecule has 4 heteroatoms. The Labute approximate surface area is 74.9 Å². The van der Waals surface area contributed by atoms with Gasteiger partial charge in [0.1, 0.15) is 5.75 Å². The molecular formula is C8H12N2O2. The lowest BCUT2D eigenvalue weighted by molar-refractivity contribution is 0.279. The SMILES string of the molecule is [2H]C([2H])([2H])c1ncc(CO)c(CN)c1O. The van der Waals surface area contributed by atoms with Crippen molar-refractivity contribution in [3.05, 3.63) is 23.0 Å². The summed E-state index contributed by atoms with van der Waals surface area (Å²) in [4.78, 5) is 3.60. The zero-order valence-electron chi connectivity index (χ0n) is 9.41. The molecular weight excluding hydrogens is 156 g/mol. The third kappa shape index (κ3) is 1.39. The monoisotopic (exact) mass is 171 g/mol. The number of hydrogen-bond donors (Lipinski definition) is 3. The van der Waals surface area contributed by atoms with Gasteiger partial charge in [0.25, 0.3) is 0 Å². The molecule has 0 amide bonds. The second kappa shape index (κ2) is 3.51. The quantitative estimate of drug-likeness (QED) is 0.587. The van der Waals surface area contributed by atoms with E-state index in [1.165, 1.54) is 6.20 Å². The fourth-order valence-corrected chi connectivity index (χ4v) is 0.941. The number of aliphatic hydroxyl groups excluding tert-OH is 1. The maximum Gasteiger partial charge on any atom is 0.141 e. The Morgan fingerprint density at radius 3 is 3.00 bits per heavy atom. The van der Waals surface area contributed by atoms with Gasteiger partial charge in [0.05, 0.1) is 12.3 Å². The summed E-state index contributed by atoms with van der Waals surface area (Å²) in [6.07, 6.45) is 1.21. The molecule has 1 heterocycles. The van der Waals surface area contributed by atoms with Crippen LogP contribution in [-0.2, 0) is 13.2 Å². The number of aliphatic hydroxyl groups is 1. The van der Waals surface area contributed by atoms with E-state index in [1.54, 1.807) is 0 Å². The van der Waals surface area contributed by atoms with E-state index in [0.717, 1.165) is 0 Å². The van der Waals surface area contributed by atoms with Crippen LogP contribution in [0.5, 0.6) is 5.75 Å². The van der Waals surface area contributed by atoms with Gasteiger partial charge in [0, 0.05) is 28.0 Å². The second-order valence-electron chi connectivity index (χ2n) is 2.32. The van der Waals surface area contributed by atoms with Crippen molar-refractivity contribution in [3.8, 4) is 5.75 Å². The number of aromatic nitrogens is 1. The zero-order valence-corrected chi connectivity index (χ0v) is 6.41. The van der Waals surface area contributed by atoms with E-state index < -0.39 is 12.6 Å². The van der Waals surface area contributed by atoms with Gasteiger partial charge < -0.3 is 15.9 Å². The minimum absolute atomic E-state index is 0.0483. The Balaban J connectivity index is 3.36. The summed E-state index contributed by atoms with van der Waals surface area (Å²) in [6.45, 7) is -2.87. The van der Waals surface area contributed by atoms with Crippen molar-refractivity contribution in [1.29, 1.82) is 0 Å². The Bertz CT molecular complexity index is 366. The molecule has 4 N–H and O–H groups in total. The number of rotatable bonds is 2. The van der Waals surface area contributed by atoms with Crippen molar-refractivity contribution in [1.82, 2.24) is 4.98 Å². The van der Waals surface area contributed by atoms with Crippen molar-refractivity contribution in [3.63, 3.8) is 0 Å². The Morgan fingerprint density at radius 2 is 2.50 bits per heavy atom. The molecule has 0 bridgehead atoms. The Kier molecular flexibility index (Phi) is 1.61. The van der Waals surface area contributed by atoms with Crippen LogP contribution in [0.2, 0.25) is 0 Å². The summed E-state index contributed by atoms with van der Waals surface area (Å²) in [5.41, 5.74) is 5.52. The molecule has 0 atom stereocenters. The molecule has 4 nitrogen and oxygen atoms in total. The highest BCUT2D eigenvalue weighted by Gasteiger charge is 2.08. The Morgan fingerprint density at radius 1 is 1.75 bits per heavy atom. The minimum Gasteiger partial charge on any atom is -0.506 e. The summed E-state index contributed by atoms with van der Waals surface area (Å²) >= 11 is 0. The smallest absolute Gasteiger partial charge is 0.141 e. The molecule has 1 rings (SSSR count). The highest BCUT2D eigenvalue weighted by Crippen LogP contribution is 2.22. The van der Waals surface area contributed by atoms with E-state index in [9.17, 15) is 5.11 Å². The fraction of sp³-hybridized carbons (Fsp3) is 0.375. The van der Waals surface area contributed by atoms with Gasteiger partial charge in [-0.05, 0) is 6.85 Å². The van der Waals surface area contributed by atoms with Gasteiger partial charge >= 0.3 is 0 Å². The minimum atomic E-state index is -2.48. The average Bonchev–Trinajstić information content (AvgIpc) is 2.15. The summed E-state index contributed by atoms with van der Waals surface area (Å²) in [5, 5.41) is 18.5. The molecule has 0 saturated heterocycles. The number of pyridine rings is 1. The first-order chi connectivity index (χ1) is 6.91. The lowest BCUT2D eigenvalue weighted by Crippen LogP contribution is -2.04. The van der Waals surface area contributed by atoms with E-state index in [4.69, 9.17) is 15.0 Å². The summed E-state index contributed by atoms with van der Waals surface area (Å²) in [7, 11) is 0. The summed E-state index contributed by atoms with van der Waals surface area (Å²) in [5.74, 6) is -0.455. The van der Waals surface area contributed by atoms with Gasteiger partial charge in [-0.2, -0.15) is 0 Å². The van der Waals surface area contributed by atoms with Crippen LogP contribution in [0.25, 0.3) is 0 Å². The highest BCUT2D eigenvalue weighted by atomic mass is 16.3. The van der Waals surface area contributed by atoms with E-state index in [0.29, 0.717) is 5.56 Å². The molecule has 1 aromatic heterocycles. The van der Waals surface area contributed by atoms with Crippen LogP contribution >= 0.6 is 0 Å². The van der Waals surface area contributed by atoms with E-state index in [-0.39, 0.29) is 24.4 Å². The average molecular weight is 171 g/mol. The first-order valence-electron chi connectivity index (χ1n) is 4.93. The standard InChI is InChI=1S/C8H12N2O2/c1-5-8(12)7(2-9)6(4-11)3-10-5/h3,11-12H,2,4,9H2,1H3/i1D3. The van der Waals surface area contributed by atoms with Crippen LogP contribution in [0.4, 0.5) is 0 Å². The van der Waals surface area contributed by atoms with Gasteiger partial charge in [-0.25, -0.2) is 0 Å². The number of nitrogens with zero attached hydrogens (tertiary/aromatic N) is 1. The molecule has 0 spiro atoms. The predicted octanol–water partition coefficient (Wildman–Crippen LogP) is 0.0466. The van der Waals surface area contributed by atoms with Crippen LogP contribution in [0.3, 0.4) is 0 Å². The van der Waals surface area contributed by atoms with E-state index >= 15 is 0 Å². The molecule has 0 aromatic carbocycles. The van der Waals surface area contributed by atoms with Crippen LogP contribution in [-0.4, -0.2) is 15.2 Å². The van der Waals surface area contributed by atoms with Crippen molar-refractivity contribution in [2.45, 2.75) is 20.0 Å². The zero-order chi connectivity index (χ0) is 11.6. The summed E-state index contributed by atoms with van der Waals surface area (Å²) in [6, 6.07) is 0. The van der Waals surface area contributed by atoms with Crippen molar-refractivity contribution < 1.29 is 14.3 Å². The van der Waals surface area contributed by atoms with Gasteiger partial charge in [-0.1, -0.05) is 0 Å². The van der Waals surface area contributed by atoms with Crippen molar-refractivity contribution in [2.75, 3.05) is 0 Å². The van der Waals surface area contributed by atoms with Crippen LogP contribution in [0, 0.1) is 6.85 Å².